The van der Waals surface area contributed by atoms with Gasteiger partial charge in [0.25, 0.3) is 0 Å². The van der Waals surface area contributed by atoms with Gasteiger partial charge in [0, 0.05) is 39.8 Å². The van der Waals surface area contributed by atoms with Crippen LogP contribution in [0.25, 0.3) is 11.0 Å². The Balaban J connectivity index is 1.75. The molecule has 1 aromatic carbocycles. The summed E-state index contributed by atoms with van der Waals surface area (Å²) in [6.45, 7) is 8.01. The first-order chi connectivity index (χ1) is 9.24. The van der Waals surface area contributed by atoms with Crippen LogP contribution in [0.3, 0.4) is 0 Å². The van der Waals surface area contributed by atoms with Crippen LogP contribution in [0.2, 0.25) is 0 Å². The van der Waals surface area contributed by atoms with Gasteiger partial charge in [-0.3, -0.25) is 0 Å². The fourth-order valence-electron chi connectivity index (χ4n) is 2.85. The zero-order chi connectivity index (χ0) is 13.2. The fourth-order valence-corrected chi connectivity index (χ4v) is 2.85. The Morgan fingerprint density at radius 1 is 1.32 bits per heavy atom. The van der Waals surface area contributed by atoms with Crippen molar-refractivity contribution < 1.29 is 0 Å². The summed E-state index contributed by atoms with van der Waals surface area (Å²) >= 11 is 0. The molecule has 1 aromatic heterocycles. The van der Waals surface area contributed by atoms with Crippen molar-refractivity contribution in [1.29, 1.82) is 0 Å². The van der Waals surface area contributed by atoms with Gasteiger partial charge >= 0.3 is 0 Å². The molecular weight excluding hydrogens is 236 g/mol. The lowest BCUT2D eigenvalue weighted by Crippen LogP contribution is -2.44. The van der Waals surface area contributed by atoms with Crippen molar-refractivity contribution in [2.24, 2.45) is 7.05 Å². The molecule has 1 fully saturated rings. The fraction of sp³-hybridized carbons (Fsp3) is 0.533. The molecule has 1 aliphatic rings. The number of rotatable bonds is 3. The second-order valence-electron chi connectivity index (χ2n) is 5.56. The first-order valence-corrected chi connectivity index (χ1v) is 7.08. The Morgan fingerprint density at radius 3 is 2.89 bits per heavy atom. The Hall–Kier alpha value is -1.39. The van der Waals surface area contributed by atoms with Crippen molar-refractivity contribution in [3.8, 4) is 0 Å². The highest BCUT2D eigenvalue weighted by Gasteiger charge is 2.15. The van der Waals surface area contributed by atoms with Crippen molar-refractivity contribution in [1.82, 2.24) is 19.8 Å². The SMILES string of the molecule is CC(CN1CCNCC1)c1ccc2c(c1)ncn2C. The average molecular weight is 258 g/mol. The summed E-state index contributed by atoms with van der Waals surface area (Å²) in [5, 5.41) is 3.40. The predicted molar refractivity (Wildman–Crippen MR) is 78.4 cm³/mol. The lowest BCUT2D eigenvalue weighted by molar-refractivity contribution is 0.230. The summed E-state index contributed by atoms with van der Waals surface area (Å²) in [4.78, 5) is 6.99. The van der Waals surface area contributed by atoms with Gasteiger partial charge < -0.3 is 14.8 Å². The predicted octanol–water partition coefficient (Wildman–Crippen LogP) is 1.58. The second-order valence-corrected chi connectivity index (χ2v) is 5.56. The molecule has 0 spiro atoms. The zero-order valence-corrected chi connectivity index (χ0v) is 11.8. The topological polar surface area (TPSA) is 33.1 Å². The minimum atomic E-state index is 0.560. The Kier molecular flexibility index (Phi) is 3.53. The van der Waals surface area contributed by atoms with Crippen LogP contribution in [0.5, 0.6) is 0 Å². The van der Waals surface area contributed by atoms with Gasteiger partial charge in [0.1, 0.15) is 0 Å². The maximum Gasteiger partial charge on any atom is 0.0955 e. The average Bonchev–Trinajstić information content (AvgIpc) is 2.81. The largest absolute Gasteiger partial charge is 0.334 e. The third kappa shape index (κ3) is 2.65. The van der Waals surface area contributed by atoms with Crippen LogP contribution in [-0.2, 0) is 7.05 Å². The highest BCUT2D eigenvalue weighted by Crippen LogP contribution is 2.21. The van der Waals surface area contributed by atoms with E-state index in [2.05, 4.69) is 44.9 Å². The van der Waals surface area contributed by atoms with E-state index in [1.807, 2.05) is 13.4 Å². The molecule has 1 unspecified atom stereocenters. The monoisotopic (exact) mass is 258 g/mol. The highest BCUT2D eigenvalue weighted by atomic mass is 15.2. The third-order valence-electron chi connectivity index (χ3n) is 4.06. The summed E-state index contributed by atoms with van der Waals surface area (Å²) < 4.78 is 2.07. The maximum absolute atomic E-state index is 4.45. The van der Waals surface area contributed by atoms with Crippen LogP contribution >= 0.6 is 0 Å². The number of piperazine rings is 1. The first-order valence-electron chi connectivity index (χ1n) is 7.08. The van der Waals surface area contributed by atoms with E-state index in [1.54, 1.807) is 0 Å². The lowest BCUT2D eigenvalue weighted by atomic mass is 10.00. The minimum Gasteiger partial charge on any atom is -0.334 e. The molecule has 4 nitrogen and oxygen atoms in total. The molecule has 102 valence electrons. The lowest BCUT2D eigenvalue weighted by Gasteiger charge is -2.29. The van der Waals surface area contributed by atoms with E-state index in [4.69, 9.17) is 0 Å². The number of aromatic nitrogens is 2. The number of aryl methyl sites for hydroxylation is 1. The Bertz CT molecular complexity index is 554. The van der Waals surface area contributed by atoms with Crippen molar-refractivity contribution in [3.05, 3.63) is 30.1 Å². The van der Waals surface area contributed by atoms with E-state index in [0.29, 0.717) is 5.92 Å². The molecule has 1 aliphatic heterocycles. The van der Waals surface area contributed by atoms with Crippen molar-refractivity contribution >= 4 is 11.0 Å². The van der Waals surface area contributed by atoms with Crippen LogP contribution in [0, 0.1) is 0 Å². The first kappa shape index (κ1) is 12.6. The number of nitrogens with zero attached hydrogens (tertiary/aromatic N) is 3. The van der Waals surface area contributed by atoms with Gasteiger partial charge in [0.2, 0.25) is 0 Å². The minimum absolute atomic E-state index is 0.560. The summed E-state index contributed by atoms with van der Waals surface area (Å²) in [7, 11) is 2.04. The smallest absolute Gasteiger partial charge is 0.0955 e. The van der Waals surface area contributed by atoms with Gasteiger partial charge in [-0.2, -0.15) is 0 Å². The van der Waals surface area contributed by atoms with Gasteiger partial charge in [-0.1, -0.05) is 13.0 Å². The van der Waals surface area contributed by atoms with E-state index in [0.717, 1.165) is 38.2 Å². The van der Waals surface area contributed by atoms with Crippen LogP contribution in [0.4, 0.5) is 0 Å². The van der Waals surface area contributed by atoms with Crippen LogP contribution in [0.15, 0.2) is 24.5 Å². The van der Waals surface area contributed by atoms with Crippen molar-refractivity contribution in [3.63, 3.8) is 0 Å². The quantitative estimate of drug-likeness (QED) is 0.907. The molecule has 3 rings (SSSR count). The molecule has 19 heavy (non-hydrogen) atoms. The standard InChI is InChI=1S/C15H22N4/c1-12(10-19-7-5-16-6-8-19)13-3-4-15-14(9-13)17-11-18(15)2/h3-4,9,11-12,16H,5-8,10H2,1-2H3. The molecule has 0 amide bonds. The number of hydrogen-bond acceptors (Lipinski definition) is 3. The Labute approximate surface area is 114 Å². The maximum atomic E-state index is 4.45. The highest BCUT2D eigenvalue weighted by molar-refractivity contribution is 5.76. The van der Waals surface area contributed by atoms with Crippen molar-refractivity contribution in [2.75, 3.05) is 32.7 Å². The molecule has 0 bridgehead atoms. The van der Waals surface area contributed by atoms with Gasteiger partial charge in [-0.15, -0.1) is 0 Å². The van der Waals surface area contributed by atoms with Gasteiger partial charge in [-0.05, 0) is 23.6 Å². The normalized spacial score (nSPS) is 18.8. The molecule has 0 radical (unpaired) electrons. The number of hydrogen-bond donors (Lipinski definition) is 1. The number of benzene rings is 1. The van der Waals surface area contributed by atoms with Gasteiger partial charge in [-0.25, -0.2) is 4.98 Å². The number of fused-ring (bicyclic) bond motifs is 1. The second kappa shape index (κ2) is 5.31. The molecule has 0 saturated carbocycles. The van der Waals surface area contributed by atoms with E-state index >= 15 is 0 Å². The summed E-state index contributed by atoms with van der Waals surface area (Å²) in [6.07, 6.45) is 1.88. The number of imidazole rings is 1. The van der Waals surface area contributed by atoms with Crippen LogP contribution in [-0.4, -0.2) is 47.2 Å². The third-order valence-corrected chi connectivity index (χ3v) is 4.06. The van der Waals surface area contributed by atoms with E-state index in [9.17, 15) is 0 Å². The van der Waals surface area contributed by atoms with E-state index in [-0.39, 0.29) is 0 Å². The zero-order valence-electron chi connectivity index (χ0n) is 11.8. The van der Waals surface area contributed by atoms with E-state index < -0.39 is 0 Å². The number of nitrogens with one attached hydrogen (secondary N) is 1. The summed E-state index contributed by atoms with van der Waals surface area (Å²) in [5.74, 6) is 0.560. The molecule has 2 heterocycles. The Morgan fingerprint density at radius 2 is 2.11 bits per heavy atom. The van der Waals surface area contributed by atoms with Gasteiger partial charge in [0.15, 0.2) is 0 Å². The van der Waals surface area contributed by atoms with Crippen LogP contribution < -0.4 is 5.32 Å². The molecule has 1 saturated heterocycles. The molecule has 2 aromatic rings. The molecule has 1 N–H and O–H groups in total. The molecular formula is C15H22N4. The van der Waals surface area contributed by atoms with Gasteiger partial charge in [0.05, 0.1) is 17.4 Å². The molecule has 4 heteroatoms. The summed E-state index contributed by atoms with van der Waals surface area (Å²) in [5.41, 5.74) is 3.70. The van der Waals surface area contributed by atoms with Crippen molar-refractivity contribution in [2.45, 2.75) is 12.8 Å². The van der Waals surface area contributed by atoms with Crippen LogP contribution in [0.1, 0.15) is 18.4 Å². The molecule has 0 aliphatic carbocycles. The molecule has 1 atom stereocenters. The van der Waals surface area contributed by atoms with E-state index in [1.165, 1.54) is 11.1 Å². The summed E-state index contributed by atoms with van der Waals surface area (Å²) in [6, 6.07) is 6.67.